The molecule has 3 rings (SSSR count). The second-order valence-corrected chi connectivity index (χ2v) is 6.74. The molecule has 124 valence electrons. The molecule has 1 saturated carbocycles. The van der Waals surface area contributed by atoms with Crippen LogP contribution in [0.25, 0.3) is 0 Å². The van der Waals surface area contributed by atoms with E-state index in [-0.39, 0.29) is 11.2 Å². The highest BCUT2D eigenvalue weighted by Crippen LogP contribution is 2.46. The van der Waals surface area contributed by atoms with Crippen LogP contribution in [0.3, 0.4) is 0 Å². The second kappa shape index (κ2) is 6.65. The lowest BCUT2D eigenvalue weighted by molar-refractivity contribution is -0.118. The average Bonchev–Trinajstić information content (AvgIpc) is 2.54. The maximum Gasteiger partial charge on any atom is 0.162 e. The van der Waals surface area contributed by atoms with Gasteiger partial charge in [0.05, 0.1) is 14.2 Å². The number of hydrogen-bond donors (Lipinski definition) is 1. The molecule has 0 radical (unpaired) electrons. The Bertz CT molecular complexity index is 615. The number of allylic oxidation sites excluding steroid dienone is 2. The molecule has 0 atom stereocenters. The van der Waals surface area contributed by atoms with Crippen molar-refractivity contribution in [3.8, 4) is 11.5 Å². The normalized spacial score (nSPS) is 20.1. The summed E-state index contributed by atoms with van der Waals surface area (Å²) in [5.41, 5.74) is 2.13. The smallest absolute Gasteiger partial charge is 0.162 e. The molecule has 0 amide bonds. The van der Waals surface area contributed by atoms with E-state index in [1.54, 1.807) is 20.3 Å². The van der Waals surface area contributed by atoms with Gasteiger partial charge < -0.3 is 14.8 Å². The number of carbonyl (C=O) groups excluding carboxylic acids is 1. The molecule has 1 N–H and O–H groups in total. The van der Waals surface area contributed by atoms with Gasteiger partial charge in [-0.2, -0.15) is 0 Å². The van der Waals surface area contributed by atoms with Crippen LogP contribution < -0.4 is 14.8 Å². The summed E-state index contributed by atoms with van der Waals surface area (Å²) in [4.78, 5) is 12.2. The Labute approximate surface area is 137 Å². The first-order valence-corrected chi connectivity index (χ1v) is 8.37. The summed E-state index contributed by atoms with van der Waals surface area (Å²) in [5.74, 6) is 1.64. The van der Waals surface area contributed by atoms with E-state index in [4.69, 9.17) is 9.47 Å². The number of rotatable bonds is 4. The average molecular weight is 315 g/mol. The van der Waals surface area contributed by atoms with E-state index in [0.29, 0.717) is 17.9 Å². The first kappa shape index (κ1) is 15.9. The van der Waals surface area contributed by atoms with Gasteiger partial charge in [0, 0.05) is 29.9 Å². The molecule has 0 bridgehead atoms. The Kier molecular flexibility index (Phi) is 4.60. The van der Waals surface area contributed by atoms with Gasteiger partial charge in [0.15, 0.2) is 17.3 Å². The van der Waals surface area contributed by atoms with Crippen molar-refractivity contribution in [1.29, 1.82) is 0 Å². The first-order valence-electron chi connectivity index (χ1n) is 8.37. The van der Waals surface area contributed by atoms with Crippen molar-refractivity contribution in [2.24, 2.45) is 5.41 Å². The lowest BCUT2D eigenvalue weighted by Gasteiger charge is -2.39. The molecule has 0 unspecified atom stereocenters. The monoisotopic (exact) mass is 315 g/mol. The van der Waals surface area contributed by atoms with Gasteiger partial charge in [-0.25, -0.2) is 0 Å². The minimum absolute atomic E-state index is 0.184. The molecule has 0 aromatic heterocycles. The van der Waals surface area contributed by atoms with Gasteiger partial charge in [-0.05, 0) is 36.8 Å². The largest absolute Gasteiger partial charge is 0.493 e. The molecule has 1 spiro atoms. The van der Waals surface area contributed by atoms with E-state index in [9.17, 15) is 4.79 Å². The number of hydrogen-bond acceptors (Lipinski definition) is 4. The highest BCUT2D eigenvalue weighted by atomic mass is 16.5. The third-order valence-corrected chi connectivity index (χ3v) is 5.05. The van der Waals surface area contributed by atoms with Gasteiger partial charge in [-0.15, -0.1) is 0 Å². The number of ketones is 1. The predicted octanol–water partition coefficient (Wildman–Crippen LogP) is 4.31. The first-order chi connectivity index (χ1) is 11.1. The maximum absolute atomic E-state index is 12.2. The third kappa shape index (κ3) is 3.52. The van der Waals surface area contributed by atoms with E-state index in [2.05, 4.69) is 5.32 Å². The lowest BCUT2D eigenvalue weighted by Crippen LogP contribution is -2.32. The Morgan fingerprint density at radius 1 is 1.00 bits per heavy atom. The molecule has 1 aromatic carbocycles. The summed E-state index contributed by atoms with van der Waals surface area (Å²) in [6, 6.07) is 5.74. The molecule has 23 heavy (non-hydrogen) atoms. The van der Waals surface area contributed by atoms with Crippen LogP contribution in [0.15, 0.2) is 30.0 Å². The molecule has 1 fully saturated rings. The summed E-state index contributed by atoms with van der Waals surface area (Å²) in [5, 5.41) is 3.41. The van der Waals surface area contributed by atoms with Crippen molar-refractivity contribution in [2.45, 2.75) is 44.9 Å². The Morgan fingerprint density at radius 3 is 2.43 bits per heavy atom. The third-order valence-electron chi connectivity index (χ3n) is 5.05. The van der Waals surface area contributed by atoms with Gasteiger partial charge in [-0.3, -0.25) is 4.79 Å². The van der Waals surface area contributed by atoms with Crippen LogP contribution in [0.4, 0.5) is 5.69 Å². The van der Waals surface area contributed by atoms with Crippen molar-refractivity contribution in [1.82, 2.24) is 0 Å². The summed E-state index contributed by atoms with van der Waals surface area (Å²) in [7, 11) is 3.25. The number of nitrogens with one attached hydrogen (secondary N) is 1. The minimum atomic E-state index is 0.184. The number of benzene rings is 1. The Balaban J connectivity index is 1.78. The van der Waals surface area contributed by atoms with E-state index in [1.165, 1.54) is 32.1 Å². The lowest BCUT2D eigenvalue weighted by atomic mass is 9.66. The second-order valence-electron chi connectivity index (χ2n) is 6.74. The summed E-state index contributed by atoms with van der Waals surface area (Å²) in [6.45, 7) is 0. The quantitative estimate of drug-likeness (QED) is 0.899. The Hall–Kier alpha value is -1.97. The van der Waals surface area contributed by atoms with Gasteiger partial charge >= 0.3 is 0 Å². The highest BCUT2D eigenvalue weighted by Gasteiger charge is 2.37. The van der Waals surface area contributed by atoms with E-state index in [0.717, 1.165) is 17.8 Å². The fraction of sp³-hybridized carbons (Fsp3) is 0.526. The molecule has 0 heterocycles. The molecule has 2 aliphatic rings. The fourth-order valence-electron chi connectivity index (χ4n) is 3.97. The van der Waals surface area contributed by atoms with Crippen molar-refractivity contribution in [3.63, 3.8) is 0 Å². The molecular weight excluding hydrogens is 290 g/mol. The number of methoxy groups -OCH3 is 2. The molecule has 1 aromatic rings. The van der Waals surface area contributed by atoms with Crippen molar-refractivity contribution in [3.05, 3.63) is 30.0 Å². The minimum Gasteiger partial charge on any atom is -0.493 e. The van der Waals surface area contributed by atoms with Crippen LogP contribution in [0.2, 0.25) is 0 Å². The van der Waals surface area contributed by atoms with Gasteiger partial charge in [-0.1, -0.05) is 19.3 Å². The van der Waals surface area contributed by atoms with Crippen LogP contribution in [-0.2, 0) is 4.79 Å². The predicted molar refractivity (Wildman–Crippen MR) is 91.0 cm³/mol. The summed E-state index contributed by atoms with van der Waals surface area (Å²) in [6.07, 6.45) is 9.59. The number of anilines is 1. The van der Waals surface area contributed by atoms with E-state index in [1.807, 2.05) is 18.2 Å². The Morgan fingerprint density at radius 2 is 1.74 bits per heavy atom. The van der Waals surface area contributed by atoms with Crippen molar-refractivity contribution in [2.75, 3.05) is 19.5 Å². The fourth-order valence-corrected chi connectivity index (χ4v) is 3.97. The maximum atomic E-state index is 12.2. The summed E-state index contributed by atoms with van der Waals surface area (Å²) < 4.78 is 10.6. The molecule has 0 aliphatic heterocycles. The van der Waals surface area contributed by atoms with Crippen LogP contribution in [-0.4, -0.2) is 20.0 Å². The zero-order valence-corrected chi connectivity index (χ0v) is 14.0. The van der Waals surface area contributed by atoms with Crippen LogP contribution in [0.5, 0.6) is 11.5 Å². The van der Waals surface area contributed by atoms with Gasteiger partial charge in [0.25, 0.3) is 0 Å². The van der Waals surface area contributed by atoms with Crippen molar-refractivity contribution < 1.29 is 14.3 Å². The molecular formula is C19H25NO3. The van der Waals surface area contributed by atoms with Gasteiger partial charge in [0.2, 0.25) is 0 Å². The SMILES string of the molecule is COc1ccc(NC2=CC(=O)CC3(CCCCC3)C2)cc1OC. The number of carbonyl (C=O) groups is 1. The molecule has 0 saturated heterocycles. The summed E-state index contributed by atoms with van der Waals surface area (Å²) >= 11 is 0. The van der Waals surface area contributed by atoms with Crippen LogP contribution >= 0.6 is 0 Å². The number of ether oxygens (including phenoxy) is 2. The molecule has 2 aliphatic carbocycles. The van der Waals surface area contributed by atoms with Gasteiger partial charge in [0.1, 0.15) is 0 Å². The van der Waals surface area contributed by atoms with E-state index >= 15 is 0 Å². The standard InChI is InChI=1S/C19H25NO3/c1-22-17-7-6-14(11-18(17)23-2)20-15-10-16(21)13-19(12-15)8-4-3-5-9-19/h6-7,10-11,20H,3-5,8-9,12-13H2,1-2H3. The topological polar surface area (TPSA) is 47.6 Å². The molecule has 4 nitrogen and oxygen atoms in total. The molecule has 4 heteroatoms. The highest BCUT2D eigenvalue weighted by molar-refractivity contribution is 5.92. The van der Waals surface area contributed by atoms with E-state index < -0.39 is 0 Å². The zero-order valence-electron chi connectivity index (χ0n) is 14.0. The van der Waals surface area contributed by atoms with Crippen molar-refractivity contribution >= 4 is 11.5 Å². The zero-order chi connectivity index (χ0) is 16.3. The van der Waals surface area contributed by atoms with Crippen LogP contribution in [0, 0.1) is 5.41 Å². The van der Waals surface area contributed by atoms with Crippen LogP contribution in [0.1, 0.15) is 44.9 Å².